The minimum absolute atomic E-state index is 0.169. The number of hydrogen-bond acceptors (Lipinski definition) is 1. The lowest BCUT2D eigenvalue weighted by Gasteiger charge is -2.23. The summed E-state index contributed by atoms with van der Waals surface area (Å²) in [6, 6.07) is 15.2. The second-order valence-corrected chi connectivity index (χ2v) is 5.47. The van der Waals surface area contributed by atoms with Crippen LogP contribution in [0.1, 0.15) is 46.1 Å². The molecular formula is C17H16O. The summed E-state index contributed by atoms with van der Waals surface area (Å²) in [5.74, 6) is 1.17. The predicted molar refractivity (Wildman–Crippen MR) is 71.7 cm³/mol. The molecule has 0 amide bonds. The first-order chi connectivity index (χ1) is 8.88. The van der Waals surface area contributed by atoms with Crippen molar-refractivity contribution >= 4 is 0 Å². The highest BCUT2D eigenvalue weighted by molar-refractivity contribution is 5.54. The number of hydrogen-bond donors (Lipinski definition) is 1. The molecule has 2 aliphatic carbocycles. The Morgan fingerprint density at radius 3 is 2.72 bits per heavy atom. The van der Waals surface area contributed by atoms with E-state index in [2.05, 4.69) is 42.5 Å². The zero-order chi connectivity index (χ0) is 12.1. The molecule has 2 aromatic carbocycles. The zero-order valence-corrected chi connectivity index (χ0v) is 10.3. The summed E-state index contributed by atoms with van der Waals surface area (Å²) in [7, 11) is 0. The van der Waals surface area contributed by atoms with E-state index < -0.39 is 0 Å². The summed E-state index contributed by atoms with van der Waals surface area (Å²) < 4.78 is 0. The van der Waals surface area contributed by atoms with Gasteiger partial charge in [0.2, 0.25) is 0 Å². The maximum absolute atomic E-state index is 9.54. The Labute approximate surface area is 107 Å². The minimum Gasteiger partial charge on any atom is -0.392 e. The molecule has 0 aromatic heterocycles. The molecule has 2 atom stereocenters. The van der Waals surface area contributed by atoms with Crippen LogP contribution in [0.25, 0.3) is 0 Å². The molecule has 0 saturated carbocycles. The molecule has 0 spiro atoms. The van der Waals surface area contributed by atoms with Crippen LogP contribution in [0.2, 0.25) is 0 Å². The van der Waals surface area contributed by atoms with E-state index in [-0.39, 0.29) is 6.61 Å². The van der Waals surface area contributed by atoms with Crippen LogP contribution in [-0.4, -0.2) is 5.11 Å². The van der Waals surface area contributed by atoms with Gasteiger partial charge in [0.05, 0.1) is 6.61 Å². The molecule has 0 saturated heterocycles. The number of aliphatic hydroxyl groups excluding tert-OH is 1. The van der Waals surface area contributed by atoms with Gasteiger partial charge in [0.25, 0.3) is 0 Å². The van der Waals surface area contributed by atoms with Gasteiger partial charge >= 0.3 is 0 Å². The van der Waals surface area contributed by atoms with E-state index in [1.54, 1.807) is 0 Å². The summed E-state index contributed by atoms with van der Waals surface area (Å²) in [4.78, 5) is 0. The Kier molecular flexibility index (Phi) is 2.12. The molecule has 90 valence electrons. The Bertz CT molecular complexity index is 615. The molecule has 18 heavy (non-hydrogen) atoms. The van der Waals surface area contributed by atoms with Crippen LogP contribution < -0.4 is 0 Å². The van der Waals surface area contributed by atoms with E-state index >= 15 is 0 Å². The largest absolute Gasteiger partial charge is 0.392 e. The number of rotatable bonds is 1. The van der Waals surface area contributed by atoms with Crippen LogP contribution in [0.15, 0.2) is 42.5 Å². The molecule has 2 bridgehead atoms. The van der Waals surface area contributed by atoms with Crippen LogP contribution in [0, 0.1) is 0 Å². The van der Waals surface area contributed by atoms with Gasteiger partial charge in [-0.05, 0) is 46.6 Å². The third-order valence-electron chi connectivity index (χ3n) is 4.60. The van der Waals surface area contributed by atoms with Crippen molar-refractivity contribution in [3.8, 4) is 0 Å². The standard InChI is InChI=1S/C17H16O/c18-10-12-5-3-7-15-16-9-13(17(12)15)8-11-4-1-2-6-14(11)16/h1-7,13,16,18H,8-10H2. The van der Waals surface area contributed by atoms with Crippen molar-refractivity contribution in [2.24, 2.45) is 0 Å². The SMILES string of the molecule is OCc1cccc2c1C1Cc3ccccc3C2C1. The van der Waals surface area contributed by atoms with E-state index in [4.69, 9.17) is 0 Å². The second kappa shape index (κ2) is 3.69. The molecule has 0 fully saturated rings. The molecule has 1 N–H and O–H groups in total. The molecule has 0 aliphatic heterocycles. The lowest BCUT2D eigenvalue weighted by molar-refractivity contribution is 0.280. The van der Waals surface area contributed by atoms with Gasteiger partial charge in [-0.2, -0.15) is 0 Å². The highest BCUT2D eigenvalue weighted by Gasteiger charge is 2.38. The fourth-order valence-electron chi connectivity index (χ4n) is 3.91. The van der Waals surface area contributed by atoms with Gasteiger partial charge in [-0.25, -0.2) is 0 Å². The van der Waals surface area contributed by atoms with Gasteiger partial charge in [0.1, 0.15) is 0 Å². The van der Waals surface area contributed by atoms with Gasteiger partial charge in [0, 0.05) is 5.92 Å². The number of benzene rings is 2. The Morgan fingerprint density at radius 1 is 1.00 bits per heavy atom. The summed E-state index contributed by atoms with van der Waals surface area (Å²) in [5, 5.41) is 9.54. The topological polar surface area (TPSA) is 20.2 Å². The van der Waals surface area contributed by atoms with Crippen LogP contribution in [0.5, 0.6) is 0 Å². The zero-order valence-electron chi connectivity index (χ0n) is 10.3. The smallest absolute Gasteiger partial charge is 0.0684 e. The molecule has 0 radical (unpaired) electrons. The molecule has 1 nitrogen and oxygen atoms in total. The summed E-state index contributed by atoms with van der Waals surface area (Å²) in [6.45, 7) is 0.169. The first-order valence-electron chi connectivity index (χ1n) is 6.69. The summed E-state index contributed by atoms with van der Waals surface area (Å²) in [6.07, 6.45) is 2.36. The Morgan fingerprint density at radius 2 is 1.83 bits per heavy atom. The molecule has 2 aromatic rings. The molecule has 0 heterocycles. The van der Waals surface area contributed by atoms with Crippen LogP contribution in [-0.2, 0) is 13.0 Å². The second-order valence-electron chi connectivity index (χ2n) is 5.47. The van der Waals surface area contributed by atoms with Gasteiger partial charge in [-0.3, -0.25) is 0 Å². The van der Waals surface area contributed by atoms with Crippen molar-refractivity contribution in [3.63, 3.8) is 0 Å². The van der Waals surface area contributed by atoms with Crippen molar-refractivity contribution in [3.05, 3.63) is 70.3 Å². The monoisotopic (exact) mass is 236 g/mol. The fraction of sp³-hybridized carbons (Fsp3) is 0.294. The lowest BCUT2D eigenvalue weighted by Crippen LogP contribution is -2.09. The highest BCUT2D eigenvalue weighted by atomic mass is 16.3. The van der Waals surface area contributed by atoms with Gasteiger partial charge < -0.3 is 5.11 Å². The summed E-state index contributed by atoms with van der Waals surface area (Å²) in [5.41, 5.74) is 7.02. The molecule has 2 unspecified atom stereocenters. The molecule has 2 aliphatic rings. The predicted octanol–water partition coefficient (Wildman–Crippen LogP) is 3.35. The maximum atomic E-state index is 9.54. The van der Waals surface area contributed by atoms with Crippen LogP contribution in [0.3, 0.4) is 0 Å². The average Bonchev–Trinajstić information content (AvgIpc) is 2.73. The molecular weight excluding hydrogens is 220 g/mol. The fourth-order valence-corrected chi connectivity index (χ4v) is 3.91. The Balaban J connectivity index is 1.95. The molecule has 1 heteroatoms. The van der Waals surface area contributed by atoms with Crippen LogP contribution in [0.4, 0.5) is 0 Å². The van der Waals surface area contributed by atoms with Crippen molar-refractivity contribution < 1.29 is 5.11 Å². The lowest BCUT2D eigenvalue weighted by atomic mass is 9.81. The van der Waals surface area contributed by atoms with E-state index in [9.17, 15) is 5.11 Å². The number of fused-ring (bicyclic) bond motifs is 7. The maximum Gasteiger partial charge on any atom is 0.0684 e. The first kappa shape index (κ1) is 10.3. The first-order valence-corrected chi connectivity index (χ1v) is 6.69. The van der Waals surface area contributed by atoms with Gasteiger partial charge in [-0.15, -0.1) is 0 Å². The average molecular weight is 236 g/mol. The third kappa shape index (κ3) is 1.25. The van der Waals surface area contributed by atoms with E-state index in [0.717, 1.165) is 12.0 Å². The van der Waals surface area contributed by atoms with Gasteiger partial charge in [-0.1, -0.05) is 42.5 Å². The molecule has 4 rings (SSSR count). The minimum atomic E-state index is 0.169. The van der Waals surface area contributed by atoms with Crippen molar-refractivity contribution in [1.29, 1.82) is 0 Å². The number of aliphatic hydroxyl groups is 1. The van der Waals surface area contributed by atoms with Crippen molar-refractivity contribution in [2.45, 2.75) is 31.3 Å². The van der Waals surface area contributed by atoms with E-state index in [0.29, 0.717) is 11.8 Å². The third-order valence-corrected chi connectivity index (χ3v) is 4.60. The van der Waals surface area contributed by atoms with E-state index in [1.807, 2.05) is 0 Å². The Hall–Kier alpha value is -1.60. The summed E-state index contributed by atoms with van der Waals surface area (Å²) >= 11 is 0. The van der Waals surface area contributed by atoms with Gasteiger partial charge in [0.15, 0.2) is 0 Å². The normalized spacial score (nSPS) is 23.6. The van der Waals surface area contributed by atoms with Crippen LogP contribution >= 0.6 is 0 Å². The van der Waals surface area contributed by atoms with E-state index in [1.165, 1.54) is 28.7 Å². The quantitative estimate of drug-likeness (QED) is 0.805. The van der Waals surface area contributed by atoms with Crippen molar-refractivity contribution in [2.75, 3.05) is 0 Å². The highest BCUT2D eigenvalue weighted by Crippen LogP contribution is 2.52. The van der Waals surface area contributed by atoms with Crippen molar-refractivity contribution in [1.82, 2.24) is 0 Å².